The van der Waals surface area contributed by atoms with Crippen molar-refractivity contribution in [2.24, 2.45) is 0 Å². The average molecular weight is 1020 g/mol. The van der Waals surface area contributed by atoms with Gasteiger partial charge in [0.05, 0.1) is 0 Å². The van der Waals surface area contributed by atoms with Crippen molar-refractivity contribution in [2.75, 3.05) is 0 Å². The first-order valence-electron chi connectivity index (χ1n) is 20.2. The van der Waals surface area contributed by atoms with Crippen molar-refractivity contribution in [3.63, 3.8) is 0 Å². The Labute approximate surface area is 337 Å². The Hall–Kier alpha value is -2.28. The molecule has 0 bridgehead atoms. The number of fused-ring (bicyclic) bond motifs is 6. The minimum absolute atomic E-state index is 1.42. The van der Waals surface area contributed by atoms with E-state index in [0.29, 0.717) is 0 Å². The van der Waals surface area contributed by atoms with E-state index in [1.807, 2.05) is 55.4 Å². The van der Waals surface area contributed by atoms with Gasteiger partial charge in [0.25, 0.3) is 0 Å². The zero-order valence-corrected chi connectivity index (χ0v) is 43.9. The first-order chi connectivity index (χ1) is 25.6. The van der Waals surface area contributed by atoms with Gasteiger partial charge in [-0.15, -0.1) is 0 Å². The second-order valence-corrected chi connectivity index (χ2v) is 51.3. The van der Waals surface area contributed by atoms with E-state index in [-0.39, 0.29) is 0 Å². The molecule has 0 aliphatic carbocycles. The van der Waals surface area contributed by atoms with Gasteiger partial charge in [0.15, 0.2) is 0 Å². The Morgan fingerprint density at radius 2 is 0.434 bits per heavy atom. The van der Waals surface area contributed by atoms with Gasteiger partial charge >= 0.3 is 285 Å². The molecule has 53 heavy (non-hydrogen) atoms. The summed E-state index contributed by atoms with van der Waals surface area (Å²) < 4.78 is 9.76. The molecule has 3 heteroatoms. The summed E-state index contributed by atoms with van der Waals surface area (Å²) in [4.78, 5) is 15.3. The minimum atomic E-state index is -2.65. The van der Waals surface area contributed by atoms with Gasteiger partial charge in [0.2, 0.25) is 0 Å². The Morgan fingerprint density at radius 3 is 0.679 bits per heavy atom. The SMILES string of the molecule is CC.CC.CC.CC.[CH3][Sn]1([CH3])[c]2ccccc2C=Cc2c[c]3c(c[c]21)C=Cc1cccc[c]1[Sn]3([CH3])[CH3].[CH3][Sn]1([CH3])[c]2ccccc2C=Cc2cccc[c]21. The number of hydrogen-bond donors (Lipinski definition) is 0. The Kier molecular flexibility index (Phi) is 17.5. The van der Waals surface area contributed by atoms with Crippen LogP contribution in [0.5, 0.6) is 0 Å². The molecule has 0 saturated heterocycles. The Bertz CT molecular complexity index is 1890. The van der Waals surface area contributed by atoms with E-state index in [4.69, 9.17) is 0 Å². The molecule has 0 aromatic heterocycles. The maximum absolute atomic E-state index is 2.65. The van der Waals surface area contributed by atoms with Crippen molar-refractivity contribution >= 4 is 113 Å². The fourth-order valence-corrected chi connectivity index (χ4v) is 34.2. The number of benzene rings is 5. The zero-order chi connectivity index (χ0) is 39.4. The molecule has 0 N–H and O–H groups in total. The fraction of sp³-hybridized carbons (Fsp3) is 0.280. The van der Waals surface area contributed by atoms with Gasteiger partial charge in [0.1, 0.15) is 0 Å². The molecule has 0 unspecified atom stereocenters. The van der Waals surface area contributed by atoms with Crippen LogP contribution in [0.4, 0.5) is 0 Å². The molecule has 0 radical (unpaired) electrons. The van der Waals surface area contributed by atoms with Gasteiger partial charge < -0.3 is 0 Å². The normalized spacial score (nSPS) is 14.8. The average Bonchev–Trinajstić information content (AvgIpc) is 3.46. The number of hydrogen-bond acceptors (Lipinski definition) is 0. The standard InChI is InChI=1S/C22H14.C14H10.4C2H6.6CH3.3Sn/c1-3-7-19(8-4-1)11-13-21-15-17-22(18-16-21)14-12-20-9-5-2-6-10-20;1-3-7-13(8-4-1)11-12-14-9-5-2-6-10-14;4*1-2;;;;;;;;;/h1-7,9,11-15,18H;1-7,9,11-12H;4*1-2H3;6*1H3;;;. The van der Waals surface area contributed by atoms with Crippen LogP contribution in [-0.2, 0) is 0 Å². The van der Waals surface area contributed by atoms with Crippen molar-refractivity contribution in [3.8, 4) is 0 Å². The predicted octanol–water partition coefficient (Wildman–Crippen LogP) is 11.4. The molecule has 3 heterocycles. The molecule has 0 fully saturated rings. The van der Waals surface area contributed by atoms with E-state index in [0.717, 1.165) is 0 Å². The van der Waals surface area contributed by atoms with Crippen LogP contribution in [0.3, 0.4) is 0 Å². The molecule has 278 valence electrons. The van der Waals surface area contributed by atoms with Crippen LogP contribution in [0.2, 0.25) is 29.6 Å². The van der Waals surface area contributed by atoms with Crippen LogP contribution in [0.15, 0.2) is 109 Å². The molecule has 0 spiro atoms. The second-order valence-electron chi connectivity index (χ2n) is 14.3. The van der Waals surface area contributed by atoms with Crippen LogP contribution in [0.1, 0.15) is 88.8 Å². The van der Waals surface area contributed by atoms with Crippen LogP contribution in [-0.4, -0.2) is 55.1 Å². The van der Waals surface area contributed by atoms with Crippen LogP contribution in [0.25, 0.3) is 36.5 Å². The van der Waals surface area contributed by atoms with Crippen molar-refractivity contribution < 1.29 is 0 Å². The third-order valence-electron chi connectivity index (χ3n) is 10.4. The Balaban J connectivity index is 0.000000259. The summed E-state index contributed by atoms with van der Waals surface area (Å²) in [6.45, 7) is 16.0. The van der Waals surface area contributed by atoms with Gasteiger partial charge in [-0.05, 0) is 0 Å². The molecular weight excluding hydrogens is 957 g/mol. The van der Waals surface area contributed by atoms with Gasteiger partial charge in [-0.2, -0.15) is 0 Å². The monoisotopic (exact) mass is 1030 g/mol. The summed E-state index contributed by atoms with van der Waals surface area (Å²) in [6, 6.07) is 41.1. The molecule has 5 aromatic rings. The van der Waals surface area contributed by atoms with E-state index >= 15 is 0 Å². The third kappa shape index (κ3) is 9.58. The first kappa shape index (κ1) is 45.1. The van der Waals surface area contributed by atoms with Crippen molar-refractivity contribution in [1.82, 2.24) is 0 Å². The third-order valence-corrected chi connectivity index (χ3v) is 41.2. The van der Waals surface area contributed by atoms with E-state index in [1.54, 1.807) is 21.5 Å². The van der Waals surface area contributed by atoms with Gasteiger partial charge in [-0.1, -0.05) is 55.4 Å². The molecule has 0 saturated carbocycles. The number of rotatable bonds is 0. The van der Waals surface area contributed by atoms with Crippen molar-refractivity contribution in [3.05, 3.63) is 143 Å². The van der Waals surface area contributed by atoms with E-state index in [1.165, 1.54) is 33.4 Å². The molecule has 0 nitrogen and oxygen atoms in total. The molecule has 0 amide bonds. The predicted molar refractivity (Wildman–Crippen MR) is 255 cm³/mol. The summed E-state index contributed by atoms with van der Waals surface area (Å²) in [7, 11) is 0. The van der Waals surface area contributed by atoms with Crippen LogP contribution < -0.4 is 21.5 Å². The zero-order valence-electron chi connectivity index (χ0n) is 35.4. The van der Waals surface area contributed by atoms with Gasteiger partial charge in [0, 0.05) is 0 Å². The quantitative estimate of drug-likeness (QED) is 0.136. The van der Waals surface area contributed by atoms with Crippen LogP contribution in [0, 0.1) is 0 Å². The summed E-state index contributed by atoms with van der Waals surface area (Å²) in [5.74, 6) is 0. The summed E-state index contributed by atoms with van der Waals surface area (Å²) >= 11 is -7.67. The molecular formula is C50H66Sn3. The molecule has 8 rings (SSSR count). The van der Waals surface area contributed by atoms with E-state index in [9.17, 15) is 0 Å². The van der Waals surface area contributed by atoms with Crippen molar-refractivity contribution in [1.29, 1.82) is 0 Å². The topological polar surface area (TPSA) is 0 Å². The second kappa shape index (κ2) is 20.6. The van der Waals surface area contributed by atoms with E-state index in [2.05, 4.69) is 175 Å². The molecule has 5 aromatic carbocycles. The summed E-state index contributed by atoms with van der Waals surface area (Å²) in [6.07, 6.45) is 14.1. The van der Waals surface area contributed by atoms with E-state index < -0.39 is 55.1 Å². The van der Waals surface area contributed by atoms with Crippen molar-refractivity contribution in [2.45, 2.75) is 85.0 Å². The maximum atomic E-state index is 2.58. The van der Waals surface area contributed by atoms with Gasteiger partial charge in [-0.25, -0.2) is 0 Å². The Morgan fingerprint density at radius 1 is 0.245 bits per heavy atom. The molecule has 0 atom stereocenters. The first-order valence-corrected chi connectivity index (χ1v) is 45.9. The summed E-state index contributed by atoms with van der Waals surface area (Å²) in [5, 5.41) is 0. The summed E-state index contributed by atoms with van der Waals surface area (Å²) in [5.41, 5.74) is 8.66. The fourth-order valence-electron chi connectivity index (χ4n) is 7.81. The van der Waals surface area contributed by atoms with Crippen LogP contribution >= 0.6 is 0 Å². The molecule has 3 aliphatic rings. The molecule has 3 aliphatic heterocycles. The van der Waals surface area contributed by atoms with Gasteiger partial charge in [-0.3, -0.25) is 0 Å².